The molecular weight excluding hydrogens is 165 g/mol. The zero-order valence-corrected chi connectivity index (χ0v) is 8.44. The largest absolute Gasteiger partial charge is 0.311 e. The number of alkyl halides is 1. The van der Waals surface area contributed by atoms with E-state index >= 15 is 0 Å². The van der Waals surface area contributed by atoms with Crippen molar-refractivity contribution in [2.24, 2.45) is 0 Å². The van der Waals surface area contributed by atoms with E-state index in [9.17, 15) is 4.39 Å². The number of hydrogen-bond acceptors (Lipinski definition) is 1. The zero-order chi connectivity index (χ0) is 9.47. The molecule has 2 unspecified atom stereocenters. The molecule has 0 aromatic carbocycles. The van der Waals surface area contributed by atoms with E-state index in [0.29, 0.717) is 24.9 Å². The minimum atomic E-state index is -1.02. The van der Waals surface area contributed by atoms with Crippen molar-refractivity contribution >= 4 is 0 Å². The van der Waals surface area contributed by atoms with Crippen molar-refractivity contribution in [1.29, 1.82) is 0 Å². The first-order valence-corrected chi connectivity index (χ1v) is 5.18. The lowest BCUT2D eigenvalue weighted by atomic mass is 9.88. The van der Waals surface area contributed by atoms with Crippen LogP contribution in [-0.2, 0) is 0 Å². The molecule has 2 fully saturated rings. The van der Waals surface area contributed by atoms with Gasteiger partial charge in [-0.15, -0.1) is 0 Å². The Morgan fingerprint density at radius 2 is 1.85 bits per heavy atom. The number of allylic oxidation sites excluding steroid dienone is 2. The van der Waals surface area contributed by atoms with Crippen LogP contribution >= 0.6 is 0 Å². The van der Waals surface area contributed by atoms with Crippen molar-refractivity contribution in [3.05, 3.63) is 11.6 Å². The average Bonchev–Trinajstić information content (AvgIpc) is 2.27. The van der Waals surface area contributed by atoms with Crippen LogP contribution in [0, 0.1) is 0 Å². The Bertz CT molecular complexity index is 218. The summed E-state index contributed by atoms with van der Waals surface area (Å²) in [6.45, 7) is 3.95. The summed E-state index contributed by atoms with van der Waals surface area (Å²) >= 11 is 0. The molecule has 2 bridgehead atoms. The molecule has 1 nitrogen and oxygen atoms in total. The second-order valence-electron chi connectivity index (χ2n) is 4.80. The van der Waals surface area contributed by atoms with Crippen LogP contribution in [0.2, 0.25) is 0 Å². The summed E-state index contributed by atoms with van der Waals surface area (Å²) in [7, 11) is 0. The quantitative estimate of drug-likeness (QED) is 0.616. The SMILES string of the molecule is CC(C)=CC1(F)CC2CCC(C1)N2. The number of halogens is 1. The highest BCUT2D eigenvalue weighted by atomic mass is 19.1. The van der Waals surface area contributed by atoms with E-state index in [1.807, 2.05) is 19.9 Å². The van der Waals surface area contributed by atoms with Crippen LogP contribution in [0.4, 0.5) is 4.39 Å². The molecule has 74 valence electrons. The molecule has 0 aromatic rings. The van der Waals surface area contributed by atoms with Crippen LogP contribution in [0.1, 0.15) is 39.5 Å². The highest BCUT2D eigenvalue weighted by molar-refractivity contribution is 5.13. The molecule has 2 rings (SSSR count). The average molecular weight is 183 g/mol. The molecule has 0 saturated carbocycles. The van der Waals surface area contributed by atoms with Crippen molar-refractivity contribution in [3.63, 3.8) is 0 Å². The first kappa shape index (κ1) is 9.20. The lowest BCUT2D eigenvalue weighted by molar-refractivity contribution is 0.140. The Morgan fingerprint density at radius 1 is 1.31 bits per heavy atom. The normalized spacial score (nSPS) is 43.3. The Morgan fingerprint density at radius 3 is 2.31 bits per heavy atom. The van der Waals surface area contributed by atoms with E-state index in [1.165, 1.54) is 0 Å². The van der Waals surface area contributed by atoms with Crippen molar-refractivity contribution < 1.29 is 4.39 Å². The van der Waals surface area contributed by atoms with Gasteiger partial charge in [-0.1, -0.05) is 5.57 Å². The summed E-state index contributed by atoms with van der Waals surface area (Å²) in [6.07, 6.45) is 5.49. The molecular formula is C11H18FN. The number of fused-ring (bicyclic) bond motifs is 2. The predicted octanol–water partition coefficient (Wildman–Crippen LogP) is 2.58. The minimum absolute atomic E-state index is 0.430. The number of rotatable bonds is 1. The number of nitrogens with one attached hydrogen (secondary N) is 1. The maximum Gasteiger partial charge on any atom is 0.132 e. The Balaban J connectivity index is 2.12. The van der Waals surface area contributed by atoms with Crippen LogP contribution < -0.4 is 5.32 Å². The fraction of sp³-hybridized carbons (Fsp3) is 0.818. The van der Waals surface area contributed by atoms with E-state index < -0.39 is 5.67 Å². The Kier molecular flexibility index (Phi) is 2.18. The van der Waals surface area contributed by atoms with E-state index in [-0.39, 0.29) is 0 Å². The molecule has 0 aliphatic carbocycles. The fourth-order valence-corrected chi connectivity index (χ4v) is 2.76. The second kappa shape index (κ2) is 3.09. The molecule has 2 aliphatic heterocycles. The lowest BCUT2D eigenvalue weighted by Crippen LogP contribution is -2.45. The van der Waals surface area contributed by atoms with Crippen LogP contribution in [0.25, 0.3) is 0 Å². The van der Waals surface area contributed by atoms with Crippen molar-refractivity contribution in [3.8, 4) is 0 Å². The summed E-state index contributed by atoms with van der Waals surface area (Å²) in [4.78, 5) is 0. The third kappa shape index (κ3) is 1.93. The highest BCUT2D eigenvalue weighted by Gasteiger charge is 2.42. The molecule has 0 amide bonds. The van der Waals surface area contributed by atoms with Gasteiger partial charge in [0, 0.05) is 24.9 Å². The highest BCUT2D eigenvalue weighted by Crippen LogP contribution is 2.38. The van der Waals surface area contributed by atoms with Gasteiger partial charge in [0.25, 0.3) is 0 Å². The maximum atomic E-state index is 14.2. The summed E-state index contributed by atoms with van der Waals surface area (Å²) < 4.78 is 14.2. The van der Waals surface area contributed by atoms with E-state index in [2.05, 4.69) is 5.32 Å². The van der Waals surface area contributed by atoms with Crippen molar-refractivity contribution in [1.82, 2.24) is 5.32 Å². The van der Waals surface area contributed by atoms with Gasteiger partial charge in [-0.25, -0.2) is 4.39 Å². The van der Waals surface area contributed by atoms with Crippen LogP contribution in [-0.4, -0.2) is 17.8 Å². The Hall–Kier alpha value is -0.370. The van der Waals surface area contributed by atoms with Crippen molar-refractivity contribution in [2.45, 2.75) is 57.3 Å². The third-order valence-electron chi connectivity index (χ3n) is 3.05. The summed E-state index contributed by atoms with van der Waals surface area (Å²) in [5, 5.41) is 3.45. The second-order valence-corrected chi connectivity index (χ2v) is 4.80. The van der Waals surface area contributed by atoms with E-state index in [4.69, 9.17) is 0 Å². The van der Waals surface area contributed by atoms with Crippen molar-refractivity contribution in [2.75, 3.05) is 0 Å². The topological polar surface area (TPSA) is 12.0 Å². The summed E-state index contributed by atoms with van der Waals surface area (Å²) in [5.41, 5.74) is 0.0828. The van der Waals surface area contributed by atoms with Gasteiger partial charge in [0.2, 0.25) is 0 Å². The van der Waals surface area contributed by atoms with Gasteiger partial charge >= 0.3 is 0 Å². The zero-order valence-electron chi connectivity index (χ0n) is 8.44. The number of piperidine rings is 1. The molecule has 13 heavy (non-hydrogen) atoms. The number of hydrogen-bond donors (Lipinski definition) is 1. The summed E-state index contributed by atoms with van der Waals surface area (Å²) in [5.74, 6) is 0. The van der Waals surface area contributed by atoms with Gasteiger partial charge in [0.15, 0.2) is 0 Å². The molecule has 2 saturated heterocycles. The Labute approximate surface area is 79.4 Å². The smallest absolute Gasteiger partial charge is 0.132 e. The maximum absolute atomic E-state index is 14.2. The van der Waals surface area contributed by atoms with Gasteiger partial charge in [-0.3, -0.25) is 0 Å². The monoisotopic (exact) mass is 183 g/mol. The molecule has 2 heteroatoms. The molecule has 0 spiro atoms. The van der Waals surface area contributed by atoms with E-state index in [1.54, 1.807) is 0 Å². The summed E-state index contributed by atoms with van der Waals surface area (Å²) in [6, 6.07) is 0.860. The third-order valence-corrected chi connectivity index (χ3v) is 3.05. The van der Waals surface area contributed by atoms with Crippen LogP contribution in [0.5, 0.6) is 0 Å². The van der Waals surface area contributed by atoms with E-state index in [0.717, 1.165) is 18.4 Å². The van der Waals surface area contributed by atoms with Gasteiger partial charge in [-0.05, 0) is 32.8 Å². The minimum Gasteiger partial charge on any atom is -0.311 e. The molecule has 1 N–H and O–H groups in total. The van der Waals surface area contributed by atoms with Gasteiger partial charge in [-0.2, -0.15) is 0 Å². The first-order valence-electron chi connectivity index (χ1n) is 5.18. The molecule has 2 aliphatic rings. The van der Waals surface area contributed by atoms with Gasteiger partial charge in [0.05, 0.1) is 0 Å². The van der Waals surface area contributed by atoms with Gasteiger partial charge in [0.1, 0.15) is 5.67 Å². The van der Waals surface area contributed by atoms with Crippen LogP contribution in [0.3, 0.4) is 0 Å². The fourth-order valence-electron chi connectivity index (χ4n) is 2.76. The standard InChI is InChI=1S/C11H18FN/c1-8(2)5-11(12)6-9-3-4-10(7-11)13-9/h5,9-10,13H,3-4,6-7H2,1-2H3. The van der Waals surface area contributed by atoms with Gasteiger partial charge < -0.3 is 5.32 Å². The molecule has 2 atom stereocenters. The lowest BCUT2D eigenvalue weighted by Gasteiger charge is -2.33. The predicted molar refractivity (Wildman–Crippen MR) is 52.4 cm³/mol. The molecule has 0 aromatic heterocycles. The van der Waals surface area contributed by atoms with Crippen LogP contribution in [0.15, 0.2) is 11.6 Å². The first-order chi connectivity index (χ1) is 6.07. The molecule has 2 heterocycles. The molecule has 0 radical (unpaired) electrons.